The number of rotatable bonds is 8. The quantitative estimate of drug-likeness (QED) is 0.525. The minimum absolute atomic E-state index is 0.325. The van der Waals surface area contributed by atoms with Crippen LogP contribution < -0.4 is 14.8 Å². The van der Waals surface area contributed by atoms with Gasteiger partial charge in [0.1, 0.15) is 24.1 Å². The third kappa shape index (κ3) is 5.24. The van der Waals surface area contributed by atoms with Gasteiger partial charge in [-0.2, -0.15) is 0 Å². The fourth-order valence-electron chi connectivity index (χ4n) is 3.84. The third-order valence-corrected chi connectivity index (χ3v) is 5.35. The molecule has 1 fully saturated rings. The minimum atomic E-state index is -3.32. The highest BCUT2D eigenvalue weighted by molar-refractivity contribution is 5.48. The van der Waals surface area contributed by atoms with Crippen LogP contribution in [0.15, 0.2) is 78.9 Å². The zero-order valence-corrected chi connectivity index (χ0v) is 17.6. The molecule has 168 valence electrons. The molecule has 0 amide bonds. The molecule has 1 saturated heterocycles. The third-order valence-electron chi connectivity index (χ3n) is 5.35. The SMILES string of the molecule is OCC(F)(F)[C@H](c1ccc(Oc2ccccc2)c(Oc2ccccc2)c1)N1CCNCC1. The monoisotopic (exact) mass is 440 g/mol. The summed E-state index contributed by atoms with van der Waals surface area (Å²) in [5.74, 6) is -1.40. The van der Waals surface area contributed by atoms with Crippen LogP contribution in [0.3, 0.4) is 0 Å². The Labute approximate surface area is 186 Å². The second-order valence-electron chi connectivity index (χ2n) is 7.64. The second kappa shape index (κ2) is 10.1. The first kappa shape index (κ1) is 22.2. The van der Waals surface area contributed by atoms with Crippen LogP contribution in [-0.2, 0) is 0 Å². The smallest absolute Gasteiger partial charge is 0.289 e. The Balaban J connectivity index is 1.73. The molecule has 3 aromatic carbocycles. The predicted octanol–water partition coefficient (Wildman–Crippen LogP) is 4.85. The van der Waals surface area contributed by atoms with Crippen molar-refractivity contribution in [3.8, 4) is 23.0 Å². The zero-order chi connectivity index (χ0) is 22.4. The lowest BCUT2D eigenvalue weighted by Crippen LogP contribution is -2.51. The molecule has 0 unspecified atom stereocenters. The highest BCUT2D eigenvalue weighted by atomic mass is 19.3. The zero-order valence-electron chi connectivity index (χ0n) is 17.6. The molecule has 1 heterocycles. The number of aliphatic hydroxyl groups excluding tert-OH is 1. The number of alkyl halides is 2. The van der Waals surface area contributed by atoms with Crippen molar-refractivity contribution in [1.82, 2.24) is 10.2 Å². The Kier molecular flexibility index (Phi) is 6.99. The van der Waals surface area contributed by atoms with E-state index in [1.54, 1.807) is 35.2 Å². The Bertz CT molecular complexity index is 997. The van der Waals surface area contributed by atoms with Gasteiger partial charge in [-0.15, -0.1) is 0 Å². The molecule has 3 aromatic rings. The van der Waals surface area contributed by atoms with Crippen LogP contribution in [0.5, 0.6) is 23.0 Å². The van der Waals surface area contributed by atoms with Gasteiger partial charge in [0.15, 0.2) is 11.5 Å². The van der Waals surface area contributed by atoms with Crippen molar-refractivity contribution in [3.05, 3.63) is 84.4 Å². The van der Waals surface area contributed by atoms with Gasteiger partial charge in [0.25, 0.3) is 5.92 Å². The van der Waals surface area contributed by atoms with Crippen molar-refractivity contribution in [2.24, 2.45) is 0 Å². The summed E-state index contributed by atoms with van der Waals surface area (Å²) in [6.45, 7) is 0.898. The maximum Gasteiger partial charge on any atom is 0.289 e. The minimum Gasteiger partial charge on any atom is -0.453 e. The van der Waals surface area contributed by atoms with Crippen molar-refractivity contribution in [2.75, 3.05) is 32.8 Å². The molecular weight excluding hydrogens is 414 g/mol. The van der Waals surface area contributed by atoms with Crippen molar-refractivity contribution in [2.45, 2.75) is 12.0 Å². The number of piperazine rings is 1. The summed E-state index contributed by atoms with van der Waals surface area (Å²) in [5, 5.41) is 12.6. The topological polar surface area (TPSA) is 54.0 Å². The maximum atomic E-state index is 14.9. The number of nitrogens with one attached hydrogen (secondary N) is 1. The molecule has 7 heteroatoms. The van der Waals surface area contributed by atoms with Gasteiger partial charge in [-0.05, 0) is 42.0 Å². The van der Waals surface area contributed by atoms with Crippen LogP contribution in [0.4, 0.5) is 8.78 Å². The Morgan fingerprint density at radius 1 is 0.844 bits per heavy atom. The number of hydrogen-bond donors (Lipinski definition) is 2. The van der Waals surface area contributed by atoms with Crippen LogP contribution in [0.2, 0.25) is 0 Å². The standard InChI is InChI=1S/C25H26F2N2O3/c26-25(27,18-30)24(29-15-13-28-14-16-29)19-11-12-22(31-20-7-3-1-4-8-20)23(17-19)32-21-9-5-2-6-10-21/h1-12,17,24,28,30H,13-16,18H2/t24-/m0/s1. The van der Waals surface area contributed by atoms with Gasteiger partial charge in [-0.25, -0.2) is 8.78 Å². The largest absolute Gasteiger partial charge is 0.453 e. The van der Waals surface area contributed by atoms with Gasteiger partial charge in [0, 0.05) is 26.2 Å². The van der Waals surface area contributed by atoms with E-state index in [-0.39, 0.29) is 0 Å². The van der Waals surface area contributed by atoms with Crippen LogP contribution in [-0.4, -0.2) is 48.7 Å². The van der Waals surface area contributed by atoms with Crippen molar-refractivity contribution < 1.29 is 23.4 Å². The molecule has 0 bridgehead atoms. The molecule has 1 aliphatic heterocycles. The molecular formula is C25H26F2N2O3. The summed E-state index contributed by atoms with van der Waals surface area (Å²) in [5.41, 5.74) is 0.359. The summed E-state index contributed by atoms with van der Waals surface area (Å²) in [4.78, 5) is 1.70. The van der Waals surface area contributed by atoms with E-state index < -0.39 is 18.6 Å². The Morgan fingerprint density at radius 2 is 1.41 bits per heavy atom. The molecule has 1 aliphatic rings. The fraction of sp³-hybridized carbons (Fsp3) is 0.280. The van der Waals surface area contributed by atoms with Gasteiger partial charge in [-0.3, -0.25) is 4.90 Å². The number of benzene rings is 3. The molecule has 0 aromatic heterocycles. The van der Waals surface area contributed by atoms with Crippen LogP contribution in [0.1, 0.15) is 11.6 Å². The van der Waals surface area contributed by atoms with E-state index in [1.807, 2.05) is 48.5 Å². The molecule has 1 atom stereocenters. The molecule has 4 rings (SSSR count). The van der Waals surface area contributed by atoms with Gasteiger partial charge in [0.2, 0.25) is 0 Å². The molecule has 0 aliphatic carbocycles. The number of aliphatic hydroxyl groups is 1. The average molecular weight is 440 g/mol. The van der Waals surface area contributed by atoms with Crippen LogP contribution in [0.25, 0.3) is 0 Å². The van der Waals surface area contributed by atoms with E-state index in [9.17, 15) is 13.9 Å². The highest BCUT2D eigenvalue weighted by Crippen LogP contribution is 2.42. The van der Waals surface area contributed by atoms with Gasteiger partial charge in [-0.1, -0.05) is 42.5 Å². The van der Waals surface area contributed by atoms with E-state index >= 15 is 0 Å². The van der Waals surface area contributed by atoms with E-state index in [0.29, 0.717) is 54.7 Å². The van der Waals surface area contributed by atoms with Crippen molar-refractivity contribution in [1.29, 1.82) is 0 Å². The lowest BCUT2D eigenvalue weighted by molar-refractivity contribution is -0.118. The molecule has 32 heavy (non-hydrogen) atoms. The first-order chi connectivity index (χ1) is 15.6. The lowest BCUT2D eigenvalue weighted by atomic mass is 9.97. The second-order valence-corrected chi connectivity index (χ2v) is 7.64. The number of halogens is 2. The fourth-order valence-corrected chi connectivity index (χ4v) is 3.84. The number of nitrogens with zero attached hydrogens (tertiary/aromatic N) is 1. The molecule has 0 radical (unpaired) electrons. The molecule has 0 saturated carbocycles. The van der Waals surface area contributed by atoms with E-state index in [1.165, 1.54) is 0 Å². The molecule has 0 spiro atoms. The van der Waals surface area contributed by atoms with Crippen LogP contribution in [0, 0.1) is 0 Å². The highest BCUT2D eigenvalue weighted by Gasteiger charge is 2.44. The maximum absolute atomic E-state index is 14.9. The van der Waals surface area contributed by atoms with Crippen molar-refractivity contribution >= 4 is 0 Å². The average Bonchev–Trinajstić information content (AvgIpc) is 2.83. The van der Waals surface area contributed by atoms with Gasteiger partial charge < -0.3 is 19.9 Å². The summed E-state index contributed by atoms with van der Waals surface area (Å²) < 4.78 is 41.9. The van der Waals surface area contributed by atoms with Gasteiger partial charge >= 0.3 is 0 Å². The number of ether oxygens (including phenoxy) is 2. The van der Waals surface area contributed by atoms with Crippen LogP contribution >= 0.6 is 0 Å². The summed E-state index contributed by atoms with van der Waals surface area (Å²) in [6.07, 6.45) is 0. The summed E-state index contributed by atoms with van der Waals surface area (Å²) >= 11 is 0. The summed E-state index contributed by atoms with van der Waals surface area (Å²) in [7, 11) is 0. The molecule has 5 nitrogen and oxygen atoms in total. The van der Waals surface area contributed by atoms with E-state index in [4.69, 9.17) is 9.47 Å². The summed E-state index contributed by atoms with van der Waals surface area (Å²) in [6, 6.07) is 21.9. The number of hydrogen-bond acceptors (Lipinski definition) is 5. The van der Waals surface area contributed by atoms with Gasteiger partial charge in [0.05, 0.1) is 0 Å². The predicted molar refractivity (Wildman–Crippen MR) is 119 cm³/mol. The molecule has 2 N–H and O–H groups in total. The first-order valence-corrected chi connectivity index (χ1v) is 10.6. The van der Waals surface area contributed by atoms with E-state index in [2.05, 4.69) is 5.32 Å². The van der Waals surface area contributed by atoms with E-state index in [0.717, 1.165) is 0 Å². The number of para-hydroxylation sites is 2. The first-order valence-electron chi connectivity index (χ1n) is 10.6. The Morgan fingerprint density at radius 3 is 1.97 bits per heavy atom. The normalized spacial score (nSPS) is 15.8. The lowest BCUT2D eigenvalue weighted by Gasteiger charge is -2.38. The Hall–Kier alpha value is -3.00. The van der Waals surface area contributed by atoms with Crippen molar-refractivity contribution in [3.63, 3.8) is 0 Å².